The van der Waals surface area contributed by atoms with Crippen molar-refractivity contribution in [1.29, 1.82) is 0 Å². The number of aromatic nitrogens is 1. The molecular formula is C13H13Cl2NO. The molecule has 0 aliphatic carbocycles. The lowest BCUT2D eigenvalue weighted by molar-refractivity contribution is 0.190. The van der Waals surface area contributed by atoms with E-state index < -0.39 is 6.10 Å². The molecule has 0 aliphatic heterocycles. The molecule has 2 rings (SSSR count). The lowest BCUT2D eigenvalue weighted by Gasteiger charge is -2.11. The van der Waals surface area contributed by atoms with E-state index in [9.17, 15) is 5.11 Å². The van der Waals surface area contributed by atoms with Crippen molar-refractivity contribution in [1.82, 2.24) is 4.57 Å². The largest absolute Gasteiger partial charge is 0.387 e. The standard InChI is InChI=1S/C13H13Cl2NO/c1-9(17)13-3-2-6-16(13)8-10-4-5-11(14)12(15)7-10/h2-7,9,17H,8H2,1H3. The fourth-order valence-electron chi connectivity index (χ4n) is 1.79. The van der Waals surface area contributed by atoms with E-state index in [2.05, 4.69) is 0 Å². The van der Waals surface area contributed by atoms with Crippen LogP contribution in [0, 0.1) is 0 Å². The first-order chi connectivity index (χ1) is 8.08. The Morgan fingerprint density at radius 2 is 2.00 bits per heavy atom. The van der Waals surface area contributed by atoms with E-state index in [0.29, 0.717) is 16.6 Å². The van der Waals surface area contributed by atoms with Crippen molar-refractivity contribution in [3.63, 3.8) is 0 Å². The molecule has 2 nitrogen and oxygen atoms in total. The molecular weight excluding hydrogens is 257 g/mol. The number of nitrogens with zero attached hydrogens (tertiary/aromatic N) is 1. The van der Waals surface area contributed by atoms with Crippen LogP contribution in [0.1, 0.15) is 24.3 Å². The lowest BCUT2D eigenvalue weighted by Crippen LogP contribution is -2.05. The lowest BCUT2D eigenvalue weighted by atomic mass is 10.2. The van der Waals surface area contributed by atoms with Gasteiger partial charge >= 0.3 is 0 Å². The fraction of sp³-hybridized carbons (Fsp3) is 0.231. The molecule has 1 N–H and O–H groups in total. The van der Waals surface area contributed by atoms with Gasteiger partial charge in [0.15, 0.2) is 0 Å². The monoisotopic (exact) mass is 269 g/mol. The van der Waals surface area contributed by atoms with E-state index in [1.165, 1.54) is 0 Å². The zero-order valence-corrected chi connectivity index (χ0v) is 10.9. The maximum absolute atomic E-state index is 9.60. The number of benzene rings is 1. The first kappa shape index (κ1) is 12.5. The summed E-state index contributed by atoms with van der Waals surface area (Å²) in [5.74, 6) is 0. The van der Waals surface area contributed by atoms with Crippen LogP contribution in [0.2, 0.25) is 10.0 Å². The molecule has 1 unspecified atom stereocenters. The van der Waals surface area contributed by atoms with Crippen LogP contribution in [0.4, 0.5) is 0 Å². The fourth-order valence-corrected chi connectivity index (χ4v) is 2.11. The van der Waals surface area contributed by atoms with Crippen molar-refractivity contribution in [2.24, 2.45) is 0 Å². The quantitative estimate of drug-likeness (QED) is 0.899. The molecule has 2 aromatic rings. The summed E-state index contributed by atoms with van der Waals surface area (Å²) in [5.41, 5.74) is 1.94. The molecule has 90 valence electrons. The van der Waals surface area contributed by atoms with E-state index in [0.717, 1.165) is 11.3 Å². The van der Waals surface area contributed by atoms with Crippen LogP contribution in [0.15, 0.2) is 36.5 Å². The van der Waals surface area contributed by atoms with E-state index in [1.807, 2.05) is 35.0 Å². The predicted molar refractivity (Wildman–Crippen MR) is 70.6 cm³/mol. The second-order valence-corrected chi connectivity index (χ2v) is 4.80. The molecule has 0 fully saturated rings. The van der Waals surface area contributed by atoms with Gasteiger partial charge in [0.25, 0.3) is 0 Å². The Kier molecular flexibility index (Phi) is 3.77. The van der Waals surface area contributed by atoms with Crippen molar-refractivity contribution in [2.75, 3.05) is 0 Å². The van der Waals surface area contributed by atoms with E-state index in [4.69, 9.17) is 23.2 Å². The Labute approximate surface area is 110 Å². The van der Waals surface area contributed by atoms with Crippen LogP contribution in [0.3, 0.4) is 0 Å². The highest BCUT2D eigenvalue weighted by molar-refractivity contribution is 6.42. The van der Waals surface area contributed by atoms with Crippen LogP contribution < -0.4 is 0 Å². The summed E-state index contributed by atoms with van der Waals surface area (Å²) in [5, 5.41) is 10.7. The molecule has 0 bridgehead atoms. The maximum Gasteiger partial charge on any atom is 0.0911 e. The van der Waals surface area contributed by atoms with Gasteiger partial charge in [-0.1, -0.05) is 29.3 Å². The molecule has 1 aromatic carbocycles. The van der Waals surface area contributed by atoms with Gasteiger partial charge < -0.3 is 9.67 Å². The third-order valence-corrected chi connectivity index (χ3v) is 3.37. The molecule has 0 amide bonds. The van der Waals surface area contributed by atoms with Gasteiger partial charge in [-0.05, 0) is 36.8 Å². The molecule has 0 saturated carbocycles. The minimum absolute atomic E-state index is 0.479. The molecule has 4 heteroatoms. The smallest absolute Gasteiger partial charge is 0.0911 e. The van der Waals surface area contributed by atoms with Crippen molar-refractivity contribution >= 4 is 23.2 Å². The Hall–Kier alpha value is -0.960. The Morgan fingerprint density at radius 3 is 2.65 bits per heavy atom. The summed E-state index contributed by atoms with van der Waals surface area (Å²) in [6.07, 6.45) is 1.46. The molecule has 0 saturated heterocycles. The Bertz CT molecular complexity index is 520. The van der Waals surface area contributed by atoms with Crippen molar-refractivity contribution < 1.29 is 5.11 Å². The minimum Gasteiger partial charge on any atom is -0.387 e. The van der Waals surface area contributed by atoms with E-state index in [1.54, 1.807) is 13.0 Å². The van der Waals surface area contributed by atoms with Crippen LogP contribution >= 0.6 is 23.2 Å². The molecule has 0 radical (unpaired) electrons. The van der Waals surface area contributed by atoms with E-state index in [-0.39, 0.29) is 0 Å². The van der Waals surface area contributed by atoms with Crippen molar-refractivity contribution in [3.05, 3.63) is 57.8 Å². The Morgan fingerprint density at radius 1 is 1.24 bits per heavy atom. The summed E-state index contributed by atoms with van der Waals surface area (Å²) in [7, 11) is 0. The highest BCUT2D eigenvalue weighted by Gasteiger charge is 2.07. The number of hydrogen-bond donors (Lipinski definition) is 1. The van der Waals surface area contributed by atoms with Crippen molar-refractivity contribution in [3.8, 4) is 0 Å². The number of rotatable bonds is 3. The Balaban J connectivity index is 2.25. The predicted octanol–water partition coefficient (Wildman–Crippen LogP) is 3.90. The van der Waals surface area contributed by atoms with Crippen molar-refractivity contribution in [2.45, 2.75) is 19.6 Å². The number of aliphatic hydroxyl groups excluding tert-OH is 1. The van der Waals surface area contributed by atoms with E-state index >= 15 is 0 Å². The second kappa shape index (κ2) is 5.13. The zero-order valence-electron chi connectivity index (χ0n) is 9.40. The first-order valence-electron chi connectivity index (χ1n) is 5.35. The summed E-state index contributed by atoms with van der Waals surface area (Å²) >= 11 is 11.8. The van der Waals surface area contributed by atoms with Crippen LogP contribution in [0.25, 0.3) is 0 Å². The first-order valence-corrected chi connectivity index (χ1v) is 6.10. The van der Waals surface area contributed by atoms with Gasteiger partial charge in [0.2, 0.25) is 0 Å². The van der Waals surface area contributed by atoms with Crippen LogP contribution in [0.5, 0.6) is 0 Å². The average molecular weight is 270 g/mol. The SMILES string of the molecule is CC(O)c1cccn1Cc1ccc(Cl)c(Cl)c1. The average Bonchev–Trinajstić information content (AvgIpc) is 2.72. The van der Waals surface area contributed by atoms with Crippen LogP contribution in [-0.4, -0.2) is 9.67 Å². The molecule has 1 aromatic heterocycles. The van der Waals surface area contributed by atoms with Gasteiger partial charge in [-0.3, -0.25) is 0 Å². The highest BCUT2D eigenvalue weighted by atomic mass is 35.5. The third-order valence-electron chi connectivity index (χ3n) is 2.63. The number of hydrogen-bond acceptors (Lipinski definition) is 1. The van der Waals surface area contributed by atoms with Gasteiger partial charge in [0, 0.05) is 18.4 Å². The van der Waals surface area contributed by atoms with Gasteiger partial charge in [0.1, 0.15) is 0 Å². The van der Waals surface area contributed by atoms with Gasteiger partial charge in [-0.25, -0.2) is 0 Å². The molecule has 0 aliphatic rings. The molecule has 0 spiro atoms. The van der Waals surface area contributed by atoms with Gasteiger partial charge in [-0.15, -0.1) is 0 Å². The number of aliphatic hydroxyl groups is 1. The van der Waals surface area contributed by atoms with Gasteiger partial charge in [-0.2, -0.15) is 0 Å². The minimum atomic E-state index is -0.479. The molecule has 17 heavy (non-hydrogen) atoms. The summed E-state index contributed by atoms with van der Waals surface area (Å²) in [4.78, 5) is 0. The topological polar surface area (TPSA) is 25.2 Å². The summed E-state index contributed by atoms with van der Waals surface area (Å²) in [6.45, 7) is 2.42. The summed E-state index contributed by atoms with van der Waals surface area (Å²) in [6, 6.07) is 9.38. The highest BCUT2D eigenvalue weighted by Crippen LogP contribution is 2.23. The van der Waals surface area contributed by atoms with Crippen LogP contribution in [-0.2, 0) is 6.54 Å². The second-order valence-electron chi connectivity index (χ2n) is 3.99. The molecule has 1 atom stereocenters. The number of halogens is 2. The molecule has 1 heterocycles. The zero-order chi connectivity index (χ0) is 12.4. The maximum atomic E-state index is 9.60. The third kappa shape index (κ3) is 2.83. The normalized spacial score (nSPS) is 12.7. The van der Waals surface area contributed by atoms with Gasteiger partial charge in [0.05, 0.1) is 16.1 Å². The summed E-state index contributed by atoms with van der Waals surface area (Å²) < 4.78 is 1.99.